The zero-order chi connectivity index (χ0) is 24.4. The summed E-state index contributed by atoms with van der Waals surface area (Å²) in [7, 11) is 1.50. The number of hydrogen-bond acceptors (Lipinski definition) is 6. The van der Waals surface area contributed by atoms with Crippen molar-refractivity contribution in [1.29, 1.82) is 0 Å². The lowest BCUT2D eigenvalue weighted by Gasteiger charge is -2.25. The lowest BCUT2D eigenvalue weighted by atomic mass is 9.96. The SMILES string of the molecule is COCCOC(=O)C1=C(C)N=c2s/c(=C\c3c(F)cccc3Cl)c(=O)n2[C@H]1c1ccccc1Cl. The molecule has 2 heterocycles. The summed E-state index contributed by atoms with van der Waals surface area (Å²) in [6.07, 6.45) is 1.39. The minimum Gasteiger partial charge on any atom is -0.460 e. The zero-order valence-electron chi connectivity index (χ0n) is 18.2. The summed E-state index contributed by atoms with van der Waals surface area (Å²) in [5.41, 5.74) is 0.756. The van der Waals surface area contributed by atoms with Crippen molar-refractivity contribution in [3.05, 3.63) is 100 Å². The van der Waals surface area contributed by atoms with E-state index in [2.05, 4.69) is 4.99 Å². The molecular weight excluding hydrogens is 502 g/mol. The van der Waals surface area contributed by atoms with Gasteiger partial charge in [0.25, 0.3) is 5.56 Å². The van der Waals surface area contributed by atoms with Gasteiger partial charge in [0.15, 0.2) is 4.80 Å². The molecule has 1 aliphatic heterocycles. The van der Waals surface area contributed by atoms with Crippen LogP contribution < -0.4 is 14.9 Å². The number of fused-ring (bicyclic) bond motifs is 1. The molecule has 6 nitrogen and oxygen atoms in total. The number of benzene rings is 2. The molecule has 0 saturated carbocycles. The molecule has 176 valence electrons. The highest BCUT2D eigenvalue weighted by atomic mass is 35.5. The molecule has 2 aromatic carbocycles. The molecule has 1 atom stereocenters. The van der Waals surface area contributed by atoms with Crippen molar-refractivity contribution in [2.75, 3.05) is 20.3 Å². The van der Waals surface area contributed by atoms with E-state index in [-0.39, 0.29) is 33.9 Å². The Balaban J connectivity index is 1.94. The smallest absolute Gasteiger partial charge is 0.338 e. The van der Waals surface area contributed by atoms with Gasteiger partial charge in [0.2, 0.25) is 0 Å². The van der Waals surface area contributed by atoms with Crippen LogP contribution in [0.25, 0.3) is 6.08 Å². The second-order valence-corrected chi connectivity index (χ2v) is 9.19. The van der Waals surface area contributed by atoms with Gasteiger partial charge in [-0.15, -0.1) is 0 Å². The predicted molar refractivity (Wildman–Crippen MR) is 129 cm³/mol. The van der Waals surface area contributed by atoms with Crippen molar-refractivity contribution < 1.29 is 18.7 Å². The van der Waals surface area contributed by atoms with E-state index in [1.807, 2.05) is 0 Å². The minimum absolute atomic E-state index is 0.0392. The normalized spacial score (nSPS) is 15.8. The molecule has 0 radical (unpaired) electrons. The van der Waals surface area contributed by atoms with Gasteiger partial charge in [-0.25, -0.2) is 14.2 Å². The van der Waals surface area contributed by atoms with Crippen LogP contribution in [0.3, 0.4) is 0 Å². The number of halogens is 3. The summed E-state index contributed by atoms with van der Waals surface area (Å²) in [5.74, 6) is -1.19. The Bertz CT molecular complexity index is 1460. The van der Waals surface area contributed by atoms with Gasteiger partial charge in [-0.2, -0.15) is 0 Å². The van der Waals surface area contributed by atoms with Gasteiger partial charge < -0.3 is 9.47 Å². The Morgan fingerprint density at radius 1 is 1.18 bits per heavy atom. The van der Waals surface area contributed by atoms with E-state index in [9.17, 15) is 14.0 Å². The average molecular weight is 521 g/mol. The fourth-order valence-electron chi connectivity index (χ4n) is 3.65. The highest BCUT2D eigenvalue weighted by Gasteiger charge is 2.34. The second-order valence-electron chi connectivity index (χ2n) is 7.37. The number of rotatable bonds is 6. The van der Waals surface area contributed by atoms with Crippen LogP contribution in [0, 0.1) is 5.82 Å². The van der Waals surface area contributed by atoms with Crippen LogP contribution in [0.4, 0.5) is 4.39 Å². The van der Waals surface area contributed by atoms with E-state index in [4.69, 9.17) is 32.7 Å². The largest absolute Gasteiger partial charge is 0.460 e. The molecule has 0 N–H and O–H groups in total. The molecule has 34 heavy (non-hydrogen) atoms. The molecule has 3 aromatic rings. The summed E-state index contributed by atoms with van der Waals surface area (Å²) < 4.78 is 26.3. The third-order valence-corrected chi connectivity index (χ3v) is 6.89. The molecule has 0 amide bonds. The first-order valence-electron chi connectivity index (χ1n) is 10.2. The van der Waals surface area contributed by atoms with E-state index >= 15 is 0 Å². The maximum Gasteiger partial charge on any atom is 0.338 e. The summed E-state index contributed by atoms with van der Waals surface area (Å²) >= 11 is 13.7. The summed E-state index contributed by atoms with van der Waals surface area (Å²) in [4.78, 5) is 31.4. The van der Waals surface area contributed by atoms with Crippen molar-refractivity contribution in [3.8, 4) is 0 Å². The van der Waals surface area contributed by atoms with Crippen LogP contribution >= 0.6 is 34.5 Å². The minimum atomic E-state index is -0.877. The van der Waals surface area contributed by atoms with Crippen LogP contribution in [0.1, 0.15) is 24.1 Å². The van der Waals surface area contributed by atoms with Gasteiger partial charge in [-0.05, 0) is 36.8 Å². The van der Waals surface area contributed by atoms with E-state index in [0.29, 0.717) is 21.1 Å². The second kappa shape index (κ2) is 10.2. The van der Waals surface area contributed by atoms with E-state index < -0.39 is 23.4 Å². The first kappa shape index (κ1) is 24.3. The Morgan fingerprint density at radius 3 is 2.62 bits per heavy atom. The summed E-state index contributed by atoms with van der Waals surface area (Å²) in [5, 5.41) is 0.545. The average Bonchev–Trinajstić information content (AvgIpc) is 3.10. The lowest BCUT2D eigenvalue weighted by molar-refractivity contribution is -0.140. The molecule has 4 rings (SSSR count). The Morgan fingerprint density at radius 2 is 1.91 bits per heavy atom. The van der Waals surface area contributed by atoms with Gasteiger partial charge in [0.1, 0.15) is 18.5 Å². The lowest BCUT2D eigenvalue weighted by Crippen LogP contribution is -2.40. The first-order chi connectivity index (χ1) is 16.3. The summed E-state index contributed by atoms with van der Waals surface area (Å²) in [6.45, 7) is 1.93. The van der Waals surface area contributed by atoms with Crippen molar-refractivity contribution >= 4 is 46.6 Å². The van der Waals surface area contributed by atoms with Crippen LogP contribution in [-0.2, 0) is 14.3 Å². The van der Waals surface area contributed by atoms with E-state index in [1.54, 1.807) is 37.3 Å². The van der Waals surface area contributed by atoms with Crippen LogP contribution in [0.5, 0.6) is 0 Å². The molecule has 0 fully saturated rings. The standard InChI is InChI=1S/C24H19Cl2FN2O4S/c1-13-20(23(31)33-11-10-32-2)21(14-6-3-4-7-16(14)25)29-22(30)19(34-24(29)28-13)12-15-17(26)8-5-9-18(15)27/h3-9,12,21H,10-11H2,1-2H3/b19-12-/t21-/m0/s1. The Hall–Kier alpha value is -2.78. The number of aromatic nitrogens is 1. The number of methoxy groups -OCH3 is 1. The number of carbonyl (C=O) groups excluding carboxylic acids is 1. The third-order valence-electron chi connectivity index (χ3n) is 5.24. The maximum absolute atomic E-state index is 14.4. The van der Waals surface area contributed by atoms with Gasteiger partial charge in [0.05, 0.1) is 27.4 Å². The Kier molecular flexibility index (Phi) is 7.33. The molecule has 0 saturated heterocycles. The molecular formula is C24H19Cl2FN2O4S. The zero-order valence-corrected chi connectivity index (χ0v) is 20.5. The van der Waals surface area contributed by atoms with Crippen molar-refractivity contribution in [3.63, 3.8) is 0 Å². The monoisotopic (exact) mass is 520 g/mol. The predicted octanol–water partition coefficient (Wildman–Crippen LogP) is 3.87. The molecule has 0 aliphatic carbocycles. The van der Waals surface area contributed by atoms with Gasteiger partial charge in [-0.1, -0.05) is 58.8 Å². The highest BCUT2D eigenvalue weighted by Crippen LogP contribution is 2.34. The highest BCUT2D eigenvalue weighted by molar-refractivity contribution is 7.07. The summed E-state index contributed by atoms with van der Waals surface area (Å²) in [6, 6.07) is 10.3. The van der Waals surface area contributed by atoms with Crippen LogP contribution in [0.15, 0.2) is 63.5 Å². The van der Waals surface area contributed by atoms with Gasteiger partial charge in [0, 0.05) is 17.7 Å². The number of esters is 1. The molecule has 1 aromatic heterocycles. The number of ether oxygens (including phenoxy) is 2. The van der Waals surface area contributed by atoms with Crippen molar-refractivity contribution in [1.82, 2.24) is 4.57 Å². The van der Waals surface area contributed by atoms with Crippen LogP contribution in [0.2, 0.25) is 10.0 Å². The topological polar surface area (TPSA) is 69.9 Å². The number of thiazole rings is 1. The quantitative estimate of drug-likeness (QED) is 0.365. The molecule has 0 unspecified atom stereocenters. The van der Waals surface area contributed by atoms with Gasteiger partial charge >= 0.3 is 5.97 Å². The van der Waals surface area contributed by atoms with E-state index in [0.717, 1.165) is 11.3 Å². The van der Waals surface area contributed by atoms with Crippen molar-refractivity contribution in [2.45, 2.75) is 13.0 Å². The van der Waals surface area contributed by atoms with Gasteiger partial charge in [-0.3, -0.25) is 9.36 Å². The number of hydrogen-bond donors (Lipinski definition) is 0. The molecule has 0 bridgehead atoms. The molecule has 10 heteroatoms. The number of carbonyl (C=O) groups is 1. The third kappa shape index (κ3) is 4.59. The number of allylic oxidation sites excluding steroid dienone is 1. The fourth-order valence-corrected chi connectivity index (χ4v) is 5.13. The Labute approximate surface area is 208 Å². The molecule has 1 aliphatic rings. The molecule has 0 spiro atoms. The maximum atomic E-state index is 14.4. The number of nitrogens with zero attached hydrogens (tertiary/aromatic N) is 2. The van der Waals surface area contributed by atoms with E-state index in [1.165, 1.54) is 29.9 Å². The van der Waals surface area contributed by atoms with Crippen molar-refractivity contribution in [2.24, 2.45) is 4.99 Å². The fraction of sp³-hybridized carbons (Fsp3) is 0.208. The van der Waals surface area contributed by atoms with Crippen LogP contribution in [-0.4, -0.2) is 30.9 Å². The first-order valence-corrected chi connectivity index (χ1v) is 11.8.